The van der Waals surface area contributed by atoms with Crippen molar-refractivity contribution in [3.05, 3.63) is 68.1 Å². The largest absolute Gasteiger partial charge is 0.394 e. The molecule has 10 heteroatoms. The molecule has 4 rings (SSSR count). The van der Waals surface area contributed by atoms with E-state index in [-0.39, 0.29) is 23.4 Å². The number of hydrogen-bond acceptors (Lipinski definition) is 5. The molecule has 0 aliphatic heterocycles. The van der Waals surface area contributed by atoms with Gasteiger partial charge in [0, 0.05) is 30.3 Å². The Bertz CT molecular complexity index is 1280. The Morgan fingerprint density at radius 3 is 2.52 bits per heavy atom. The molecular weight excluding hydrogens is 413 g/mol. The molecule has 0 amide bonds. The van der Waals surface area contributed by atoms with Gasteiger partial charge in [0.15, 0.2) is 5.82 Å². The van der Waals surface area contributed by atoms with Crippen molar-refractivity contribution >= 4 is 16.6 Å². The summed E-state index contributed by atoms with van der Waals surface area (Å²) in [5.41, 5.74) is -2.29. The van der Waals surface area contributed by atoms with Crippen molar-refractivity contribution < 1.29 is 18.3 Å². The number of nitrogens with zero attached hydrogens (tertiary/aromatic N) is 3. The molecule has 1 unspecified atom stereocenters. The van der Waals surface area contributed by atoms with Crippen molar-refractivity contribution in [2.45, 2.75) is 37.8 Å². The van der Waals surface area contributed by atoms with E-state index in [0.29, 0.717) is 18.2 Å². The number of aliphatic hydroxyl groups is 1. The Balaban J connectivity index is 1.83. The second kappa shape index (κ2) is 7.52. The highest BCUT2D eigenvalue weighted by Crippen LogP contribution is 2.42. The molecule has 2 heterocycles. The van der Waals surface area contributed by atoms with E-state index in [4.69, 9.17) is 0 Å². The van der Waals surface area contributed by atoms with Gasteiger partial charge in [-0.3, -0.25) is 9.59 Å². The van der Waals surface area contributed by atoms with Crippen molar-refractivity contribution in [1.82, 2.24) is 14.3 Å². The molecule has 1 aliphatic rings. The van der Waals surface area contributed by atoms with Crippen LogP contribution in [0.5, 0.6) is 0 Å². The van der Waals surface area contributed by atoms with Crippen LogP contribution in [0.1, 0.15) is 43.4 Å². The zero-order valence-electron chi connectivity index (χ0n) is 16.9. The number of anilines is 1. The second-order valence-electron chi connectivity index (χ2n) is 7.89. The number of aliphatic hydroxyl groups excluding tert-OH is 1. The first-order valence-corrected chi connectivity index (χ1v) is 9.76. The molecule has 1 atom stereocenters. The van der Waals surface area contributed by atoms with Crippen LogP contribution in [0.4, 0.5) is 19.0 Å². The first-order valence-electron chi connectivity index (χ1n) is 9.76. The fraction of sp³-hybridized carbons (Fsp3) is 0.381. The predicted octanol–water partition coefficient (Wildman–Crippen LogP) is 2.83. The maximum atomic E-state index is 14.6. The summed E-state index contributed by atoms with van der Waals surface area (Å²) in [4.78, 5) is 25.1. The summed E-state index contributed by atoms with van der Waals surface area (Å²) in [6.07, 6.45) is -0.238. The van der Waals surface area contributed by atoms with Crippen LogP contribution in [-0.4, -0.2) is 26.1 Å². The quantitative estimate of drug-likeness (QED) is 0.623. The molecule has 1 fully saturated rings. The topological polar surface area (TPSA) is 89.2 Å². The molecule has 2 N–H and O–H groups in total. The number of pyridine rings is 1. The lowest BCUT2D eigenvalue weighted by Crippen LogP contribution is -2.33. The minimum atomic E-state index is -2.95. The number of fused-ring (bicyclic) bond motifs is 1. The summed E-state index contributed by atoms with van der Waals surface area (Å²) >= 11 is 0. The smallest absolute Gasteiger partial charge is 0.274 e. The molecule has 7 nitrogen and oxygen atoms in total. The summed E-state index contributed by atoms with van der Waals surface area (Å²) in [7, 11) is 1.41. The lowest BCUT2D eigenvalue weighted by Gasteiger charge is -2.20. The summed E-state index contributed by atoms with van der Waals surface area (Å²) < 4.78 is 43.2. The molecule has 0 spiro atoms. The highest BCUT2D eigenvalue weighted by molar-refractivity contribution is 5.90. The number of aryl methyl sites for hydroxylation is 1. The maximum Gasteiger partial charge on any atom is 0.274 e. The lowest BCUT2D eigenvalue weighted by atomic mass is 10.0. The number of nitrogens with one attached hydrogen (secondary N) is 1. The predicted molar refractivity (Wildman–Crippen MR) is 109 cm³/mol. The average Bonchev–Trinajstić information content (AvgIpc) is 3.52. The van der Waals surface area contributed by atoms with E-state index in [1.54, 1.807) is 6.92 Å². The van der Waals surface area contributed by atoms with Gasteiger partial charge in [0.25, 0.3) is 17.5 Å². The van der Waals surface area contributed by atoms with E-state index < -0.39 is 40.5 Å². The van der Waals surface area contributed by atoms with Crippen molar-refractivity contribution in [2.24, 2.45) is 7.05 Å². The van der Waals surface area contributed by atoms with E-state index in [2.05, 4.69) is 10.4 Å². The van der Waals surface area contributed by atoms with Crippen molar-refractivity contribution in [1.29, 1.82) is 0 Å². The fourth-order valence-electron chi connectivity index (χ4n) is 3.77. The van der Waals surface area contributed by atoms with Gasteiger partial charge in [-0.1, -0.05) is 18.2 Å². The minimum absolute atomic E-state index is 0.0175. The molecular formula is C21H21F3N4O3. The van der Waals surface area contributed by atoms with E-state index in [0.717, 1.165) is 10.7 Å². The number of halogens is 3. The molecule has 164 valence electrons. The number of alkyl halides is 2. The molecule has 31 heavy (non-hydrogen) atoms. The van der Waals surface area contributed by atoms with Crippen molar-refractivity contribution in [2.75, 3.05) is 11.9 Å². The molecule has 0 radical (unpaired) electrons. The second-order valence-corrected chi connectivity index (χ2v) is 7.89. The maximum absolute atomic E-state index is 14.6. The molecule has 2 aromatic heterocycles. The summed E-state index contributed by atoms with van der Waals surface area (Å²) in [6, 6.07) is 4.20. The van der Waals surface area contributed by atoms with Crippen LogP contribution in [0.15, 0.2) is 40.1 Å². The van der Waals surface area contributed by atoms with Gasteiger partial charge in [-0.05, 0) is 19.8 Å². The molecule has 0 bridgehead atoms. The Morgan fingerprint density at radius 2 is 1.90 bits per heavy atom. The molecule has 0 saturated heterocycles. The fourth-order valence-corrected chi connectivity index (χ4v) is 3.77. The Morgan fingerprint density at radius 1 is 1.23 bits per heavy atom. The molecule has 1 aromatic carbocycles. The zero-order chi connectivity index (χ0) is 22.5. The van der Waals surface area contributed by atoms with Gasteiger partial charge in [-0.25, -0.2) is 17.9 Å². The van der Waals surface area contributed by atoms with Gasteiger partial charge in [-0.2, -0.15) is 5.10 Å². The van der Waals surface area contributed by atoms with Crippen LogP contribution in [0.2, 0.25) is 0 Å². The van der Waals surface area contributed by atoms with Crippen molar-refractivity contribution in [3.63, 3.8) is 0 Å². The van der Waals surface area contributed by atoms with E-state index in [9.17, 15) is 27.9 Å². The van der Waals surface area contributed by atoms with Gasteiger partial charge in [-0.15, -0.1) is 0 Å². The minimum Gasteiger partial charge on any atom is -0.394 e. The zero-order valence-corrected chi connectivity index (χ0v) is 16.9. The third kappa shape index (κ3) is 3.50. The first-order chi connectivity index (χ1) is 14.7. The third-order valence-corrected chi connectivity index (χ3v) is 5.83. The number of benzene rings is 1. The van der Waals surface area contributed by atoms with Crippen LogP contribution in [0, 0.1) is 5.82 Å². The van der Waals surface area contributed by atoms with Crippen LogP contribution in [0.3, 0.4) is 0 Å². The SMILES string of the molecule is CC(Nc1nn(C)c(=O)c2cc(=O)n(C3(CO)CC3)cc12)c1cccc(C(F)F)c1F. The van der Waals surface area contributed by atoms with E-state index in [1.165, 1.54) is 36.0 Å². The Kier molecular flexibility index (Phi) is 5.12. The number of rotatable bonds is 6. The lowest BCUT2D eigenvalue weighted by molar-refractivity contribution is 0.146. The number of aromatic nitrogens is 3. The standard InChI is InChI=1S/C21H21F3N4O3/c1-11(12-4-3-5-13(17(12)22)18(23)24)25-19-15-9-28(21(10-29)6-7-21)16(30)8-14(15)20(31)27(2)26-19/h3-5,8-9,11,18,29H,6-7,10H2,1-2H3,(H,25,26). The summed E-state index contributed by atoms with van der Waals surface area (Å²) in [6.45, 7) is 1.36. The molecule has 3 aromatic rings. The monoisotopic (exact) mass is 434 g/mol. The number of hydrogen-bond donors (Lipinski definition) is 2. The molecule has 1 saturated carbocycles. The van der Waals surface area contributed by atoms with Gasteiger partial charge >= 0.3 is 0 Å². The third-order valence-electron chi connectivity index (χ3n) is 5.83. The summed E-state index contributed by atoms with van der Waals surface area (Å²) in [5, 5.41) is 17.3. The normalized spacial score (nSPS) is 16.0. The van der Waals surface area contributed by atoms with Crippen LogP contribution >= 0.6 is 0 Å². The van der Waals surface area contributed by atoms with Gasteiger partial charge in [0.05, 0.1) is 29.1 Å². The Labute approximate surface area is 174 Å². The van der Waals surface area contributed by atoms with Gasteiger partial charge in [0.1, 0.15) is 5.82 Å². The van der Waals surface area contributed by atoms with Crippen LogP contribution in [-0.2, 0) is 12.6 Å². The van der Waals surface area contributed by atoms with Crippen molar-refractivity contribution in [3.8, 4) is 0 Å². The van der Waals surface area contributed by atoms with Gasteiger partial charge in [0.2, 0.25) is 0 Å². The van der Waals surface area contributed by atoms with E-state index in [1.807, 2.05) is 0 Å². The van der Waals surface area contributed by atoms with E-state index >= 15 is 0 Å². The highest BCUT2D eigenvalue weighted by atomic mass is 19.3. The average molecular weight is 434 g/mol. The molecule has 1 aliphatic carbocycles. The van der Waals surface area contributed by atoms with Gasteiger partial charge < -0.3 is 15.0 Å². The summed E-state index contributed by atoms with van der Waals surface area (Å²) in [5.74, 6) is -0.824. The van der Waals surface area contributed by atoms with Crippen LogP contribution < -0.4 is 16.4 Å². The Hall–Kier alpha value is -3.14. The highest BCUT2D eigenvalue weighted by Gasteiger charge is 2.44. The van der Waals surface area contributed by atoms with Crippen LogP contribution in [0.25, 0.3) is 10.8 Å². The first kappa shape index (κ1) is 21.1.